The molecule has 1 saturated carbocycles. The fourth-order valence-corrected chi connectivity index (χ4v) is 4.00. The van der Waals surface area contributed by atoms with Crippen LogP contribution in [0.15, 0.2) is 42.5 Å². The van der Waals surface area contributed by atoms with Crippen molar-refractivity contribution in [3.63, 3.8) is 0 Å². The van der Waals surface area contributed by atoms with E-state index >= 15 is 0 Å². The van der Waals surface area contributed by atoms with E-state index in [-0.39, 0.29) is 17.7 Å². The van der Waals surface area contributed by atoms with Gasteiger partial charge in [0.15, 0.2) is 0 Å². The number of carbonyl (C=O) groups excluding carboxylic acids is 2. The first-order valence-corrected chi connectivity index (χ1v) is 9.65. The van der Waals surface area contributed by atoms with Crippen molar-refractivity contribution in [2.24, 2.45) is 11.8 Å². The zero-order valence-corrected chi connectivity index (χ0v) is 15.4. The maximum atomic E-state index is 13.0. The van der Waals surface area contributed by atoms with Gasteiger partial charge in [0.1, 0.15) is 0 Å². The van der Waals surface area contributed by atoms with Gasteiger partial charge in [-0.05, 0) is 48.4 Å². The van der Waals surface area contributed by atoms with E-state index in [1.54, 1.807) is 0 Å². The molecule has 0 atom stereocenters. The Kier molecular flexibility index (Phi) is 4.66. The predicted molar refractivity (Wildman–Crippen MR) is 103 cm³/mol. The molecule has 0 unspecified atom stereocenters. The molecule has 0 radical (unpaired) electrons. The van der Waals surface area contributed by atoms with Crippen molar-refractivity contribution in [3.05, 3.63) is 48.0 Å². The summed E-state index contributed by atoms with van der Waals surface area (Å²) in [6.07, 6.45) is 4.06. The van der Waals surface area contributed by atoms with Crippen LogP contribution in [0.1, 0.15) is 36.0 Å². The van der Waals surface area contributed by atoms with Gasteiger partial charge in [-0.2, -0.15) is 0 Å². The molecule has 4 nitrogen and oxygen atoms in total. The number of hydrogen-bond donors (Lipinski definition) is 0. The highest BCUT2D eigenvalue weighted by Crippen LogP contribution is 2.30. The topological polar surface area (TPSA) is 40.6 Å². The number of benzene rings is 2. The average molecular weight is 350 g/mol. The summed E-state index contributed by atoms with van der Waals surface area (Å²) >= 11 is 0. The summed E-state index contributed by atoms with van der Waals surface area (Å²) in [6.45, 7) is 2.22. The molecular weight excluding hydrogens is 324 g/mol. The van der Waals surface area contributed by atoms with Crippen molar-refractivity contribution in [3.8, 4) is 0 Å². The summed E-state index contributed by atoms with van der Waals surface area (Å²) in [7, 11) is 1.92. The van der Waals surface area contributed by atoms with Gasteiger partial charge in [-0.1, -0.05) is 36.4 Å². The molecule has 2 amide bonds. The van der Waals surface area contributed by atoms with Crippen LogP contribution < -0.4 is 0 Å². The van der Waals surface area contributed by atoms with E-state index < -0.39 is 0 Å². The Bertz CT molecular complexity index is 815. The molecule has 1 saturated heterocycles. The van der Waals surface area contributed by atoms with Gasteiger partial charge < -0.3 is 9.80 Å². The molecule has 0 spiro atoms. The molecule has 2 aromatic carbocycles. The number of carbonyl (C=O) groups is 2. The van der Waals surface area contributed by atoms with Gasteiger partial charge in [0, 0.05) is 38.2 Å². The van der Waals surface area contributed by atoms with E-state index in [9.17, 15) is 9.59 Å². The quantitative estimate of drug-likeness (QED) is 0.846. The largest absolute Gasteiger partial charge is 0.345 e. The minimum Gasteiger partial charge on any atom is -0.345 e. The van der Waals surface area contributed by atoms with Crippen molar-refractivity contribution >= 4 is 22.6 Å². The maximum Gasteiger partial charge on any atom is 0.254 e. The van der Waals surface area contributed by atoms with Crippen LogP contribution in [0.4, 0.5) is 0 Å². The van der Waals surface area contributed by atoms with Crippen LogP contribution >= 0.6 is 0 Å². The molecule has 1 aliphatic heterocycles. The molecule has 0 bridgehead atoms. The van der Waals surface area contributed by atoms with Crippen LogP contribution in [0.5, 0.6) is 0 Å². The summed E-state index contributed by atoms with van der Waals surface area (Å²) in [6, 6.07) is 13.9. The molecule has 4 heteroatoms. The maximum absolute atomic E-state index is 13.0. The molecule has 4 rings (SSSR count). The molecule has 2 aromatic rings. The normalized spacial score (nSPS) is 18.1. The number of nitrogens with zero attached hydrogens (tertiary/aromatic N) is 2. The van der Waals surface area contributed by atoms with Crippen LogP contribution in [-0.2, 0) is 4.79 Å². The predicted octanol–water partition coefficient (Wildman–Crippen LogP) is 3.56. The van der Waals surface area contributed by atoms with E-state index in [4.69, 9.17) is 0 Å². The monoisotopic (exact) mass is 350 g/mol. The van der Waals surface area contributed by atoms with Gasteiger partial charge in [-0.3, -0.25) is 9.59 Å². The molecule has 2 aliphatic rings. The lowest BCUT2D eigenvalue weighted by Gasteiger charge is -2.33. The van der Waals surface area contributed by atoms with Gasteiger partial charge in [0.2, 0.25) is 5.91 Å². The van der Waals surface area contributed by atoms with Gasteiger partial charge in [-0.25, -0.2) is 0 Å². The summed E-state index contributed by atoms with van der Waals surface area (Å²) in [5.41, 5.74) is 0.763. The zero-order valence-electron chi connectivity index (χ0n) is 15.4. The third kappa shape index (κ3) is 3.46. The van der Waals surface area contributed by atoms with Crippen LogP contribution in [0.3, 0.4) is 0 Å². The van der Waals surface area contributed by atoms with E-state index in [1.807, 2.05) is 59.3 Å². The van der Waals surface area contributed by atoms with Gasteiger partial charge in [0.05, 0.1) is 0 Å². The van der Waals surface area contributed by atoms with Gasteiger partial charge >= 0.3 is 0 Å². The Labute approximate surface area is 154 Å². The molecule has 0 aromatic heterocycles. The Morgan fingerprint density at radius 2 is 1.69 bits per heavy atom. The molecule has 136 valence electrons. The van der Waals surface area contributed by atoms with E-state index in [1.165, 1.54) is 12.8 Å². The number of rotatable bonds is 4. The minimum absolute atomic E-state index is 0.0651. The van der Waals surface area contributed by atoms with Crippen molar-refractivity contribution in [1.29, 1.82) is 0 Å². The fourth-order valence-electron chi connectivity index (χ4n) is 4.00. The lowest BCUT2D eigenvalue weighted by atomic mass is 9.94. The first-order chi connectivity index (χ1) is 12.6. The summed E-state index contributed by atoms with van der Waals surface area (Å²) in [4.78, 5) is 29.4. The number of hydrogen-bond acceptors (Lipinski definition) is 2. The average Bonchev–Trinajstić information content (AvgIpc) is 3.50. The summed E-state index contributed by atoms with van der Waals surface area (Å²) < 4.78 is 0. The lowest BCUT2D eigenvalue weighted by Crippen LogP contribution is -2.43. The van der Waals surface area contributed by atoms with Crippen molar-refractivity contribution in [2.45, 2.75) is 25.7 Å². The SMILES string of the molecule is CN(CC1CC1)C(=O)C1CCN(C(=O)c2cccc3ccccc23)CC1. The molecule has 0 N–H and O–H groups in total. The first kappa shape index (κ1) is 17.1. The van der Waals surface area contributed by atoms with Crippen LogP contribution in [-0.4, -0.2) is 48.3 Å². The smallest absolute Gasteiger partial charge is 0.254 e. The summed E-state index contributed by atoms with van der Waals surface area (Å²) in [5.74, 6) is 1.13. The van der Waals surface area contributed by atoms with E-state index in [0.29, 0.717) is 13.1 Å². The Morgan fingerprint density at radius 3 is 2.42 bits per heavy atom. The highest BCUT2D eigenvalue weighted by Gasteiger charge is 2.32. The van der Waals surface area contributed by atoms with E-state index in [0.717, 1.165) is 41.6 Å². The second-order valence-corrected chi connectivity index (χ2v) is 7.76. The lowest BCUT2D eigenvalue weighted by molar-refractivity contribution is -0.135. The molecule has 1 aliphatic carbocycles. The van der Waals surface area contributed by atoms with Crippen LogP contribution in [0, 0.1) is 11.8 Å². The van der Waals surface area contributed by atoms with E-state index in [2.05, 4.69) is 0 Å². The second-order valence-electron chi connectivity index (χ2n) is 7.76. The highest BCUT2D eigenvalue weighted by atomic mass is 16.2. The number of likely N-dealkylation sites (tertiary alicyclic amines) is 1. The molecular formula is C22H26N2O2. The third-order valence-corrected chi connectivity index (χ3v) is 5.76. The minimum atomic E-state index is 0.0651. The number of amides is 2. The van der Waals surface area contributed by atoms with Crippen molar-refractivity contribution in [1.82, 2.24) is 9.80 Å². The molecule has 1 heterocycles. The second kappa shape index (κ2) is 7.10. The van der Waals surface area contributed by atoms with Crippen molar-refractivity contribution < 1.29 is 9.59 Å². The number of fused-ring (bicyclic) bond motifs is 1. The van der Waals surface area contributed by atoms with Gasteiger partial charge in [0.25, 0.3) is 5.91 Å². The van der Waals surface area contributed by atoms with Crippen molar-refractivity contribution in [2.75, 3.05) is 26.7 Å². The zero-order chi connectivity index (χ0) is 18.1. The highest BCUT2D eigenvalue weighted by molar-refractivity contribution is 6.07. The summed E-state index contributed by atoms with van der Waals surface area (Å²) in [5, 5.41) is 2.09. The third-order valence-electron chi connectivity index (χ3n) is 5.76. The number of piperidine rings is 1. The van der Waals surface area contributed by atoms with Gasteiger partial charge in [-0.15, -0.1) is 0 Å². The Morgan fingerprint density at radius 1 is 1.00 bits per heavy atom. The Balaban J connectivity index is 1.41. The standard InChI is InChI=1S/C22H26N2O2/c1-23(15-16-9-10-16)21(25)18-11-13-24(14-12-18)22(26)20-8-4-6-17-5-2-3-7-19(17)20/h2-8,16,18H,9-15H2,1H3. The van der Waals surface area contributed by atoms with Crippen LogP contribution in [0.2, 0.25) is 0 Å². The fraction of sp³-hybridized carbons (Fsp3) is 0.455. The first-order valence-electron chi connectivity index (χ1n) is 9.65. The Hall–Kier alpha value is -2.36. The molecule has 2 fully saturated rings. The van der Waals surface area contributed by atoms with Crippen LogP contribution in [0.25, 0.3) is 10.8 Å². The molecule has 26 heavy (non-hydrogen) atoms.